The summed E-state index contributed by atoms with van der Waals surface area (Å²) in [7, 11) is 1.67. The van der Waals surface area contributed by atoms with Crippen LogP contribution in [0.4, 0.5) is 0 Å². The van der Waals surface area contributed by atoms with Crippen LogP contribution < -0.4 is 10.1 Å². The molecule has 0 saturated heterocycles. The first-order valence-electron chi connectivity index (χ1n) is 9.13. The average molecular weight is 391 g/mol. The molecule has 0 aliphatic carbocycles. The van der Waals surface area contributed by atoms with E-state index in [1.165, 1.54) is 0 Å². The van der Waals surface area contributed by atoms with Crippen molar-refractivity contribution in [3.05, 3.63) is 83.1 Å². The van der Waals surface area contributed by atoms with Gasteiger partial charge in [0.05, 0.1) is 13.7 Å². The highest BCUT2D eigenvalue weighted by molar-refractivity contribution is 7.16. The van der Waals surface area contributed by atoms with E-state index in [1.807, 2.05) is 60.0 Å². The lowest BCUT2D eigenvalue weighted by atomic mass is 10.2. The van der Waals surface area contributed by atoms with Gasteiger partial charge in [0.1, 0.15) is 16.3 Å². The van der Waals surface area contributed by atoms with Crippen LogP contribution in [0.1, 0.15) is 21.7 Å². The first-order valence-corrected chi connectivity index (χ1v) is 10.0. The van der Waals surface area contributed by atoms with Crippen LogP contribution in [0.25, 0.3) is 10.2 Å². The second-order valence-corrected chi connectivity index (χ2v) is 7.33. The van der Waals surface area contributed by atoms with Crippen molar-refractivity contribution < 1.29 is 9.53 Å². The largest absolute Gasteiger partial charge is 0.496 e. The summed E-state index contributed by atoms with van der Waals surface area (Å²) < 4.78 is 7.55. The minimum absolute atomic E-state index is 0.0748. The van der Waals surface area contributed by atoms with E-state index < -0.39 is 0 Å². The molecule has 4 rings (SSSR count). The number of benzene rings is 1. The Morgan fingerprint density at radius 1 is 1.18 bits per heavy atom. The minimum Gasteiger partial charge on any atom is -0.496 e. The van der Waals surface area contributed by atoms with Gasteiger partial charge in [0, 0.05) is 35.8 Å². The zero-order valence-corrected chi connectivity index (χ0v) is 16.4. The van der Waals surface area contributed by atoms with Gasteiger partial charge in [-0.3, -0.25) is 9.78 Å². The number of amides is 1. The lowest BCUT2D eigenvalue weighted by Gasteiger charge is -2.13. The fraction of sp³-hybridized carbons (Fsp3) is 0.182. The number of aromatic nitrogens is 2. The fourth-order valence-corrected chi connectivity index (χ4v) is 4.16. The van der Waals surface area contributed by atoms with Crippen molar-refractivity contribution in [2.75, 3.05) is 13.7 Å². The predicted octanol–water partition coefficient (Wildman–Crippen LogP) is 4.13. The first kappa shape index (κ1) is 18.3. The lowest BCUT2D eigenvalue weighted by Crippen LogP contribution is -2.28. The number of hydrogen-bond acceptors (Lipinski definition) is 4. The number of hydrogen-bond donors (Lipinski definition) is 1. The Hall–Kier alpha value is -3.12. The fourth-order valence-electron chi connectivity index (χ4n) is 3.26. The summed E-state index contributed by atoms with van der Waals surface area (Å²) in [5, 5.41) is 6.15. The molecule has 0 saturated carbocycles. The molecule has 0 fully saturated rings. The van der Waals surface area contributed by atoms with Gasteiger partial charge in [0.2, 0.25) is 0 Å². The van der Waals surface area contributed by atoms with Crippen LogP contribution in [-0.4, -0.2) is 29.1 Å². The summed E-state index contributed by atoms with van der Waals surface area (Å²) in [6.07, 6.45) is 2.47. The highest BCUT2D eigenvalue weighted by Gasteiger charge is 2.17. The van der Waals surface area contributed by atoms with Crippen molar-refractivity contribution in [3.8, 4) is 5.75 Å². The number of methoxy groups -OCH3 is 1. The summed E-state index contributed by atoms with van der Waals surface area (Å²) in [6, 6.07) is 17.7. The molecule has 1 aromatic carbocycles. The molecule has 6 heteroatoms. The highest BCUT2D eigenvalue weighted by Crippen LogP contribution is 2.28. The third-order valence-electron chi connectivity index (χ3n) is 4.65. The maximum Gasteiger partial charge on any atom is 0.267 e. The SMILES string of the molecule is COc1ccccc1Cn1c(C(=O)NCCc2ccccn2)cc2ccsc21. The van der Waals surface area contributed by atoms with Crippen LogP contribution in [0.3, 0.4) is 0 Å². The van der Waals surface area contributed by atoms with E-state index >= 15 is 0 Å². The zero-order chi connectivity index (χ0) is 19.3. The number of para-hydroxylation sites is 1. The molecule has 0 spiro atoms. The topological polar surface area (TPSA) is 56.1 Å². The van der Waals surface area contributed by atoms with Gasteiger partial charge in [-0.2, -0.15) is 0 Å². The molecule has 0 aliphatic heterocycles. The van der Waals surface area contributed by atoms with Crippen LogP contribution in [0.15, 0.2) is 66.2 Å². The van der Waals surface area contributed by atoms with E-state index in [-0.39, 0.29) is 5.91 Å². The van der Waals surface area contributed by atoms with Crippen molar-refractivity contribution in [2.45, 2.75) is 13.0 Å². The molecular weight excluding hydrogens is 370 g/mol. The molecule has 5 nitrogen and oxygen atoms in total. The predicted molar refractivity (Wildman–Crippen MR) is 112 cm³/mol. The Morgan fingerprint density at radius 3 is 2.86 bits per heavy atom. The van der Waals surface area contributed by atoms with E-state index in [0.29, 0.717) is 25.2 Å². The number of nitrogens with zero attached hydrogens (tertiary/aromatic N) is 2. The van der Waals surface area contributed by atoms with Crippen molar-refractivity contribution in [1.82, 2.24) is 14.9 Å². The van der Waals surface area contributed by atoms with E-state index in [1.54, 1.807) is 24.6 Å². The number of carbonyl (C=O) groups is 1. The quantitative estimate of drug-likeness (QED) is 0.515. The molecule has 0 radical (unpaired) electrons. The van der Waals surface area contributed by atoms with Crippen LogP contribution in [0.5, 0.6) is 5.75 Å². The number of nitrogens with one attached hydrogen (secondary N) is 1. The number of rotatable bonds is 7. The summed E-state index contributed by atoms with van der Waals surface area (Å²) in [5.74, 6) is 0.747. The van der Waals surface area contributed by atoms with Gasteiger partial charge in [0.15, 0.2) is 0 Å². The summed E-state index contributed by atoms with van der Waals surface area (Å²) in [6.45, 7) is 1.13. The van der Waals surface area contributed by atoms with Gasteiger partial charge in [-0.05, 0) is 35.7 Å². The van der Waals surface area contributed by atoms with Crippen LogP contribution >= 0.6 is 11.3 Å². The Bertz CT molecular complexity index is 1090. The third kappa shape index (κ3) is 3.77. The van der Waals surface area contributed by atoms with E-state index in [2.05, 4.69) is 14.9 Å². The number of fused-ring (bicyclic) bond motifs is 1. The summed E-state index contributed by atoms with van der Waals surface area (Å²) >= 11 is 1.64. The maximum atomic E-state index is 12.9. The molecule has 3 aromatic heterocycles. The normalized spacial score (nSPS) is 10.9. The van der Waals surface area contributed by atoms with E-state index in [0.717, 1.165) is 27.2 Å². The van der Waals surface area contributed by atoms with Crippen LogP contribution in [0, 0.1) is 0 Å². The third-order valence-corrected chi connectivity index (χ3v) is 5.60. The van der Waals surface area contributed by atoms with Gasteiger partial charge in [0.25, 0.3) is 5.91 Å². The second kappa shape index (κ2) is 8.27. The monoisotopic (exact) mass is 391 g/mol. The Kier molecular flexibility index (Phi) is 5.39. The van der Waals surface area contributed by atoms with Gasteiger partial charge in [-0.15, -0.1) is 11.3 Å². The van der Waals surface area contributed by atoms with Gasteiger partial charge >= 0.3 is 0 Å². The van der Waals surface area contributed by atoms with E-state index in [9.17, 15) is 4.79 Å². The molecule has 1 N–H and O–H groups in total. The minimum atomic E-state index is -0.0748. The Morgan fingerprint density at radius 2 is 2.04 bits per heavy atom. The van der Waals surface area contributed by atoms with Gasteiger partial charge < -0.3 is 14.6 Å². The molecule has 3 heterocycles. The molecule has 0 bridgehead atoms. The molecule has 4 aromatic rings. The van der Waals surface area contributed by atoms with E-state index in [4.69, 9.17) is 4.74 Å². The molecule has 1 amide bonds. The van der Waals surface area contributed by atoms with Crippen LogP contribution in [-0.2, 0) is 13.0 Å². The second-order valence-electron chi connectivity index (χ2n) is 6.44. The van der Waals surface area contributed by atoms with Gasteiger partial charge in [-0.1, -0.05) is 24.3 Å². The van der Waals surface area contributed by atoms with Crippen molar-refractivity contribution in [2.24, 2.45) is 0 Å². The average Bonchev–Trinajstić information content (AvgIpc) is 3.32. The molecule has 0 aliphatic rings. The Labute approximate surface area is 167 Å². The number of thiophene rings is 1. The van der Waals surface area contributed by atoms with Crippen molar-refractivity contribution in [3.63, 3.8) is 0 Å². The highest BCUT2D eigenvalue weighted by atomic mass is 32.1. The molecule has 0 unspecified atom stereocenters. The van der Waals surface area contributed by atoms with Crippen LogP contribution in [0.2, 0.25) is 0 Å². The zero-order valence-electron chi connectivity index (χ0n) is 15.6. The summed E-state index contributed by atoms with van der Waals surface area (Å²) in [4.78, 5) is 18.3. The molecule has 0 atom stereocenters. The van der Waals surface area contributed by atoms with Crippen molar-refractivity contribution >= 4 is 27.5 Å². The number of ether oxygens (including phenoxy) is 1. The number of pyridine rings is 1. The van der Waals surface area contributed by atoms with Crippen molar-refractivity contribution in [1.29, 1.82) is 0 Å². The molecule has 142 valence electrons. The molecule has 28 heavy (non-hydrogen) atoms. The molecular formula is C22H21N3O2S. The smallest absolute Gasteiger partial charge is 0.267 e. The maximum absolute atomic E-state index is 12.9. The first-order chi connectivity index (χ1) is 13.8. The summed E-state index contributed by atoms with van der Waals surface area (Å²) in [5.41, 5.74) is 2.67. The standard InChI is InChI=1S/C22H21N3O2S/c1-27-20-8-3-2-6-17(20)15-25-19(14-16-10-13-28-22(16)25)21(26)24-12-9-18-7-4-5-11-23-18/h2-8,10-11,13-14H,9,12,15H2,1H3,(H,24,26). The lowest BCUT2D eigenvalue weighted by molar-refractivity contribution is 0.0945. The Balaban J connectivity index is 1.56. The number of carbonyl (C=O) groups excluding carboxylic acids is 1. The van der Waals surface area contributed by atoms with Gasteiger partial charge in [-0.25, -0.2) is 0 Å².